The summed E-state index contributed by atoms with van der Waals surface area (Å²) in [4.78, 5) is 0. The van der Waals surface area contributed by atoms with E-state index in [4.69, 9.17) is 5.73 Å². The summed E-state index contributed by atoms with van der Waals surface area (Å²) in [7, 11) is 0. The van der Waals surface area contributed by atoms with E-state index < -0.39 is 0 Å². The van der Waals surface area contributed by atoms with Crippen LogP contribution in [0, 0.1) is 0 Å². The van der Waals surface area contributed by atoms with Gasteiger partial charge in [0, 0.05) is 10.4 Å². The van der Waals surface area contributed by atoms with Crippen LogP contribution in [0.15, 0.2) is 34.9 Å². The predicted molar refractivity (Wildman–Crippen MR) is 76.9 cm³/mol. The van der Waals surface area contributed by atoms with Gasteiger partial charge in [-0.15, -0.1) is 0 Å². The molecule has 1 saturated carbocycles. The summed E-state index contributed by atoms with van der Waals surface area (Å²) in [5.74, 6) is 0.550. The van der Waals surface area contributed by atoms with Gasteiger partial charge in [-0.25, -0.2) is 4.68 Å². The third kappa shape index (κ3) is 2.05. The first-order valence-corrected chi connectivity index (χ1v) is 7.15. The van der Waals surface area contributed by atoms with E-state index in [2.05, 4.69) is 21.0 Å². The van der Waals surface area contributed by atoms with Gasteiger partial charge in [0.1, 0.15) is 0 Å². The molecule has 0 saturated heterocycles. The summed E-state index contributed by atoms with van der Waals surface area (Å²) in [6.07, 6.45) is 6.96. The molecule has 1 aliphatic rings. The summed E-state index contributed by atoms with van der Waals surface area (Å²) in [6.45, 7) is 0. The van der Waals surface area contributed by atoms with Crippen LogP contribution in [-0.4, -0.2) is 9.78 Å². The highest BCUT2D eigenvalue weighted by molar-refractivity contribution is 9.10. The van der Waals surface area contributed by atoms with Crippen molar-refractivity contribution in [1.82, 2.24) is 9.78 Å². The van der Waals surface area contributed by atoms with E-state index >= 15 is 0 Å². The average molecular weight is 306 g/mol. The van der Waals surface area contributed by atoms with Crippen molar-refractivity contribution in [3.05, 3.63) is 40.6 Å². The van der Waals surface area contributed by atoms with E-state index in [1.165, 1.54) is 25.7 Å². The van der Waals surface area contributed by atoms with Gasteiger partial charge in [0.15, 0.2) is 0 Å². The van der Waals surface area contributed by atoms with Gasteiger partial charge < -0.3 is 5.73 Å². The molecular weight excluding hydrogens is 290 g/mol. The fourth-order valence-electron chi connectivity index (χ4n) is 2.68. The number of nitrogen functional groups attached to an aromatic ring is 1. The molecule has 1 fully saturated rings. The largest absolute Gasteiger partial charge is 0.396 e. The summed E-state index contributed by atoms with van der Waals surface area (Å²) >= 11 is 3.55. The monoisotopic (exact) mass is 305 g/mol. The van der Waals surface area contributed by atoms with Crippen molar-refractivity contribution in [3.8, 4) is 5.69 Å². The zero-order chi connectivity index (χ0) is 12.5. The molecule has 1 aromatic heterocycles. The Kier molecular flexibility index (Phi) is 3.12. The second kappa shape index (κ2) is 4.76. The van der Waals surface area contributed by atoms with Crippen LogP contribution in [0.1, 0.15) is 37.3 Å². The fourth-order valence-corrected chi connectivity index (χ4v) is 3.14. The Labute approximate surface area is 115 Å². The first-order chi connectivity index (χ1) is 8.75. The number of benzene rings is 1. The number of para-hydroxylation sites is 1. The second-order valence-corrected chi connectivity index (χ2v) is 5.70. The molecule has 1 aromatic carbocycles. The predicted octanol–water partition coefficient (Wildman–Crippen LogP) is 3.87. The molecule has 0 amide bonds. The Bertz CT molecular complexity index is 556. The highest BCUT2D eigenvalue weighted by atomic mass is 79.9. The molecule has 0 radical (unpaired) electrons. The van der Waals surface area contributed by atoms with Crippen LogP contribution >= 0.6 is 15.9 Å². The number of hydrogen-bond acceptors (Lipinski definition) is 2. The van der Waals surface area contributed by atoms with Gasteiger partial charge in [-0.2, -0.15) is 5.10 Å². The van der Waals surface area contributed by atoms with Crippen LogP contribution in [0.5, 0.6) is 0 Å². The minimum atomic E-state index is 0.550. The molecule has 1 aliphatic carbocycles. The van der Waals surface area contributed by atoms with Gasteiger partial charge in [0.2, 0.25) is 0 Å². The van der Waals surface area contributed by atoms with E-state index in [9.17, 15) is 0 Å². The first kappa shape index (κ1) is 11.8. The van der Waals surface area contributed by atoms with E-state index in [0.717, 1.165) is 21.5 Å². The number of nitrogens with two attached hydrogens (primary N) is 1. The molecule has 18 heavy (non-hydrogen) atoms. The van der Waals surface area contributed by atoms with Crippen LogP contribution in [0.25, 0.3) is 5.69 Å². The second-order valence-electron chi connectivity index (χ2n) is 4.85. The lowest BCUT2D eigenvalue weighted by Gasteiger charge is -2.06. The van der Waals surface area contributed by atoms with Crippen molar-refractivity contribution in [2.75, 3.05) is 5.73 Å². The molecule has 94 valence electrons. The number of nitrogens with zero attached hydrogens (tertiary/aromatic N) is 2. The molecule has 2 aromatic rings. The zero-order valence-corrected chi connectivity index (χ0v) is 11.7. The summed E-state index contributed by atoms with van der Waals surface area (Å²) in [5, 5.41) is 4.68. The van der Waals surface area contributed by atoms with Crippen molar-refractivity contribution in [2.24, 2.45) is 0 Å². The van der Waals surface area contributed by atoms with Crippen LogP contribution in [0.2, 0.25) is 0 Å². The van der Waals surface area contributed by atoms with E-state index in [1.807, 2.05) is 35.1 Å². The SMILES string of the molecule is Nc1cn(-c2ccccc2Br)nc1C1CCCC1. The smallest absolute Gasteiger partial charge is 0.0889 e. The van der Waals surface area contributed by atoms with Gasteiger partial charge >= 0.3 is 0 Å². The Morgan fingerprint density at radius 1 is 1.22 bits per heavy atom. The third-order valence-electron chi connectivity index (χ3n) is 3.61. The van der Waals surface area contributed by atoms with Crippen LogP contribution in [0.3, 0.4) is 0 Å². The molecular formula is C14H16BrN3. The third-order valence-corrected chi connectivity index (χ3v) is 4.28. The minimum absolute atomic E-state index is 0.550. The lowest BCUT2D eigenvalue weighted by molar-refractivity contribution is 0.680. The molecule has 3 rings (SSSR count). The molecule has 0 spiro atoms. The molecule has 0 unspecified atom stereocenters. The molecule has 4 heteroatoms. The van der Waals surface area contributed by atoms with Crippen LogP contribution in [0.4, 0.5) is 5.69 Å². The van der Waals surface area contributed by atoms with Crippen molar-refractivity contribution >= 4 is 21.6 Å². The number of rotatable bonds is 2. The maximum atomic E-state index is 6.11. The first-order valence-electron chi connectivity index (χ1n) is 6.35. The lowest BCUT2D eigenvalue weighted by atomic mass is 10.0. The van der Waals surface area contributed by atoms with E-state index in [0.29, 0.717) is 5.92 Å². The molecule has 1 heterocycles. The fraction of sp³-hybridized carbons (Fsp3) is 0.357. The van der Waals surface area contributed by atoms with Gasteiger partial charge in [-0.1, -0.05) is 25.0 Å². The molecule has 0 aliphatic heterocycles. The van der Waals surface area contributed by atoms with E-state index in [1.54, 1.807) is 0 Å². The molecule has 0 atom stereocenters. The average Bonchev–Trinajstić information content (AvgIpc) is 2.98. The number of hydrogen-bond donors (Lipinski definition) is 1. The quantitative estimate of drug-likeness (QED) is 0.915. The standard InChI is InChI=1S/C14H16BrN3/c15-11-7-3-4-8-13(11)18-9-12(16)14(17-18)10-5-1-2-6-10/h3-4,7-10H,1-2,5-6,16H2. The van der Waals surface area contributed by atoms with Crippen LogP contribution < -0.4 is 5.73 Å². The summed E-state index contributed by atoms with van der Waals surface area (Å²) in [5.41, 5.74) is 9.04. The van der Waals surface area contributed by atoms with Gasteiger partial charge in [-0.05, 0) is 40.9 Å². The lowest BCUT2D eigenvalue weighted by Crippen LogP contribution is -2.00. The number of anilines is 1. The summed E-state index contributed by atoms with van der Waals surface area (Å²) in [6, 6.07) is 8.06. The number of halogens is 1. The van der Waals surface area contributed by atoms with Crippen LogP contribution in [-0.2, 0) is 0 Å². The van der Waals surface area contributed by atoms with Crippen molar-refractivity contribution in [2.45, 2.75) is 31.6 Å². The van der Waals surface area contributed by atoms with E-state index in [-0.39, 0.29) is 0 Å². The topological polar surface area (TPSA) is 43.8 Å². The molecule has 2 N–H and O–H groups in total. The number of aromatic nitrogens is 2. The van der Waals surface area contributed by atoms with Gasteiger partial charge in [0.05, 0.1) is 23.3 Å². The Morgan fingerprint density at radius 2 is 1.94 bits per heavy atom. The Balaban J connectivity index is 1.99. The maximum absolute atomic E-state index is 6.11. The van der Waals surface area contributed by atoms with Crippen molar-refractivity contribution in [1.29, 1.82) is 0 Å². The molecule has 3 nitrogen and oxygen atoms in total. The van der Waals surface area contributed by atoms with Gasteiger partial charge in [0.25, 0.3) is 0 Å². The maximum Gasteiger partial charge on any atom is 0.0889 e. The highest BCUT2D eigenvalue weighted by Crippen LogP contribution is 2.36. The van der Waals surface area contributed by atoms with Crippen molar-refractivity contribution < 1.29 is 0 Å². The van der Waals surface area contributed by atoms with Gasteiger partial charge in [-0.3, -0.25) is 0 Å². The molecule has 0 bridgehead atoms. The van der Waals surface area contributed by atoms with Crippen molar-refractivity contribution in [3.63, 3.8) is 0 Å². The summed E-state index contributed by atoms with van der Waals surface area (Å²) < 4.78 is 2.91. The highest BCUT2D eigenvalue weighted by Gasteiger charge is 2.22. The Hall–Kier alpha value is -1.29. The minimum Gasteiger partial charge on any atom is -0.396 e. The zero-order valence-electron chi connectivity index (χ0n) is 10.1. The Morgan fingerprint density at radius 3 is 2.67 bits per heavy atom. The normalized spacial score (nSPS) is 16.3.